The second-order valence-corrected chi connectivity index (χ2v) is 7.23. The number of carbonyl (C=O) groups excluding carboxylic acids is 2. The van der Waals surface area contributed by atoms with Crippen LogP contribution in [0.4, 0.5) is 0 Å². The molecule has 0 aliphatic heterocycles. The highest BCUT2D eigenvalue weighted by Crippen LogP contribution is 2.31. The van der Waals surface area contributed by atoms with Gasteiger partial charge in [-0.3, -0.25) is 9.59 Å². The van der Waals surface area contributed by atoms with E-state index in [9.17, 15) is 9.59 Å². The van der Waals surface area contributed by atoms with Crippen LogP contribution in [0.2, 0.25) is 0 Å². The van der Waals surface area contributed by atoms with E-state index in [-0.39, 0.29) is 19.1 Å². The maximum Gasteiger partial charge on any atom is 0.272 e. The molecule has 3 N–H and O–H groups in total. The summed E-state index contributed by atoms with van der Waals surface area (Å²) in [5, 5.41) is 16.3. The number of ether oxygens (including phenoxy) is 2. The predicted octanol–water partition coefficient (Wildman–Crippen LogP) is 2.45. The van der Waals surface area contributed by atoms with E-state index in [0.717, 1.165) is 11.1 Å². The number of hydrogen-bond acceptors (Lipinski definition) is 6. The lowest BCUT2D eigenvalue weighted by Gasteiger charge is -2.17. The van der Waals surface area contributed by atoms with Gasteiger partial charge in [-0.15, -0.1) is 0 Å². The SMILES string of the molecule is CCO[C@@H](C(=O)NCc1ccc(C#N)cc1)n1cc(C)c(-c2ccccc2OCC(N)=O)n1. The predicted molar refractivity (Wildman–Crippen MR) is 121 cm³/mol. The second kappa shape index (κ2) is 10.9. The van der Waals surface area contributed by atoms with Crippen molar-refractivity contribution >= 4 is 11.8 Å². The molecule has 170 valence electrons. The molecule has 0 spiro atoms. The maximum absolute atomic E-state index is 12.9. The lowest BCUT2D eigenvalue weighted by Crippen LogP contribution is -2.34. The van der Waals surface area contributed by atoms with Crippen molar-refractivity contribution in [1.82, 2.24) is 15.1 Å². The van der Waals surface area contributed by atoms with Gasteiger partial charge in [0, 0.05) is 24.9 Å². The second-order valence-electron chi connectivity index (χ2n) is 7.23. The standard InChI is InChI=1S/C24H25N5O4/c1-3-32-24(23(31)27-13-18-10-8-17(12-25)9-11-18)29-14-16(2)22(28-29)19-6-4-5-7-20(19)33-15-21(26)30/h4-11,14,24H,3,13,15H2,1-2H3,(H2,26,30)(H,27,31)/t24-/m0/s1. The Bertz CT molecular complexity index is 1160. The van der Waals surface area contributed by atoms with Gasteiger partial charge < -0.3 is 20.5 Å². The van der Waals surface area contributed by atoms with Gasteiger partial charge in [-0.2, -0.15) is 10.4 Å². The first-order valence-electron chi connectivity index (χ1n) is 10.4. The molecule has 1 heterocycles. The number of aryl methyl sites for hydroxylation is 1. The molecule has 0 unspecified atom stereocenters. The molecule has 1 aromatic heterocycles. The summed E-state index contributed by atoms with van der Waals surface area (Å²) in [4.78, 5) is 24.0. The number of amides is 2. The molecule has 1 atom stereocenters. The number of nitrogens with two attached hydrogens (primary N) is 1. The summed E-state index contributed by atoms with van der Waals surface area (Å²) in [6.45, 7) is 4.00. The van der Waals surface area contributed by atoms with Crippen LogP contribution in [0.3, 0.4) is 0 Å². The molecule has 9 heteroatoms. The third kappa shape index (κ3) is 5.96. The fourth-order valence-corrected chi connectivity index (χ4v) is 3.21. The zero-order chi connectivity index (χ0) is 23.8. The Morgan fingerprint density at radius 3 is 2.61 bits per heavy atom. The monoisotopic (exact) mass is 447 g/mol. The molecule has 3 rings (SSSR count). The van der Waals surface area contributed by atoms with E-state index >= 15 is 0 Å². The van der Waals surface area contributed by atoms with Crippen LogP contribution in [0.25, 0.3) is 11.3 Å². The lowest BCUT2D eigenvalue weighted by molar-refractivity contribution is -0.139. The molecule has 0 saturated heterocycles. The van der Waals surface area contributed by atoms with E-state index in [4.69, 9.17) is 20.5 Å². The van der Waals surface area contributed by atoms with Crippen molar-refractivity contribution in [3.05, 3.63) is 71.4 Å². The van der Waals surface area contributed by atoms with Crippen LogP contribution in [0.15, 0.2) is 54.7 Å². The minimum Gasteiger partial charge on any atom is -0.483 e. The Morgan fingerprint density at radius 1 is 1.21 bits per heavy atom. The summed E-state index contributed by atoms with van der Waals surface area (Å²) in [6, 6.07) is 16.2. The van der Waals surface area contributed by atoms with Crippen molar-refractivity contribution < 1.29 is 19.1 Å². The highest BCUT2D eigenvalue weighted by molar-refractivity contribution is 5.79. The number of aromatic nitrogens is 2. The number of carbonyl (C=O) groups is 2. The van der Waals surface area contributed by atoms with E-state index < -0.39 is 12.1 Å². The Hall–Kier alpha value is -4.16. The van der Waals surface area contributed by atoms with Gasteiger partial charge in [0.1, 0.15) is 5.75 Å². The van der Waals surface area contributed by atoms with Gasteiger partial charge in [0.2, 0.25) is 6.23 Å². The minimum absolute atomic E-state index is 0.254. The first-order valence-corrected chi connectivity index (χ1v) is 10.4. The van der Waals surface area contributed by atoms with Gasteiger partial charge in [0.05, 0.1) is 17.3 Å². The molecule has 0 fully saturated rings. The van der Waals surface area contributed by atoms with Crippen molar-refractivity contribution in [2.45, 2.75) is 26.6 Å². The molecule has 0 aliphatic carbocycles. The van der Waals surface area contributed by atoms with Crippen LogP contribution in [0.1, 0.15) is 29.8 Å². The number of nitrogens with one attached hydrogen (secondary N) is 1. The van der Waals surface area contributed by atoms with Gasteiger partial charge in [-0.25, -0.2) is 4.68 Å². The molecular weight excluding hydrogens is 422 g/mol. The number of rotatable bonds is 10. The summed E-state index contributed by atoms with van der Waals surface area (Å²) in [6.07, 6.45) is 0.751. The normalized spacial score (nSPS) is 11.4. The highest BCUT2D eigenvalue weighted by atomic mass is 16.5. The third-order valence-electron chi connectivity index (χ3n) is 4.77. The topological polar surface area (TPSA) is 132 Å². The Balaban J connectivity index is 1.80. The largest absolute Gasteiger partial charge is 0.483 e. The average Bonchev–Trinajstić information content (AvgIpc) is 3.21. The first-order chi connectivity index (χ1) is 15.9. The third-order valence-corrected chi connectivity index (χ3v) is 4.77. The van der Waals surface area contributed by atoms with Crippen molar-refractivity contribution in [3.63, 3.8) is 0 Å². The van der Waals surface area contributed by atoms with Crippen LogP contribution in [0.5, 0.6) is 5.75 Å². The maximum atomic E-state index is 12.9. The van der Waals surface area contributed by atoms with Gasteiger partial charge >= 0.3 is 0 Å². The van der Waals surface area contributed by atoms with Crippen molar-refractivity contribution in [1.29, 1.82) is 5.26 Å². The summed E-state index contributed by atoms with van der Waals surface area (Å²) in [7, 11) is 0. The zero-order valence-electron chi connectivity index (χ0n) is 18.4. The molecule has 0 radical (unpaired) electrons. The fraction of sp³-hybridized carbons (Fsp3) is 0.250. The molecular formula is C24H25N5O4. The molecule has 0 bridgehead atoms. The Labute approximate surface area is 191 Å². The van der Waals surface area contributed by atoms with E-state index in [1.165, 1.54) is 4.68 Å². The van der Waals surface area contributed by atoms with Crippen molar-refractivity contribution in [2.75, 3.05) is 13.2 Å². The Kier molecular flexibility index (Phi) is 7.78. The van der Waals surface area contributed by atoms with Crippen LogP contribution in [-0.2, 0) is 20.9 Å². The number of para-hydroxylation sites is 1. The molecule has 9 nitrogen and oxygen atoms in total. The Morgan fingerprint density at radius 2 is 1.94 bits per heavy atom. The van der Waals surface area contributed by atoms with Crippen molar-refractivity contribution in [3.8, 4) is 23.1 Å². The number of nitriles is 1. The number of primary amides is 1. The molecule has 0 aliphatic rings. The van der Waals surface area contributed by atoms with Gasteiger partial charge in [-0.05, 0) is 49.2 Å². The van der Waals surface area contributed by atoms with Gasteiger partial charge in [0.25, 0.3) is 11.8 Å². The summed E-state index contributed by atoms with van der Waals surface area (Å²) in [5.41, 5.74) is 8.67. The number of benzene rings is 2. The minimum atomic E-state index is -0.973. The molecule has 0 saturated carbocycles. The van der Waals surface area contributed by atoms with Gasteiger partial charge in [0.15, 0.2) is 6.61 Å². The first kappa shape index (κ1) is 23.5. The zero-order valence-corrected chi connectivity index (χ0v) is 18.4. The smallest absolute Gasteiger partial charge is 0.272 e. The molecule has 2 amide bonds. The quantitative estimate of drug-likeness (QED) is 0.491. The fourth-order valence-electron chi connectivity index (χ4n) is 3.21. The molecule has 2 aromatic carbocycles. The average molecular weight is 447 g/mol. The van der Waals surface area contributed by atoms with E-state index in [1.807, 2.05) is 19.1 Å². The summed E-state index contributed by atoms with van der Waals surface area (Å²) >= 11 is 0. The molecule has 3 aromatic rings. The van der Waals surface area contributed by atoms with Crippen LogP contribution >= 0.6 is 0 Å². The van der Waals surface area contributed by atoms with Gasteiger partial charge in [-0.1, -0.05) is 24.3 Å². The molecule has 33 heavy (non-hydrogen) atoms. The summed E-state index contributed by atoms with van der Waals surface area (Å²) < 4.78 is 12.7. The van der Waals surface area contributed by atoms with E-state index in [1.54, 1.807) is 49.5 Å². The van der Waals surface area contributed by atoms with Crippen LogP contribution < -0.4 is 15.8 Å². The highest BCUT2D eigenvalue weighted by Gasteiger charge is 2.24. The van der Waals surface area contributed by atoms with Crippen LogP contribution in [-0.4, -0.2) is 34.8 Å². The van der Waals surface area contributed by atoms with Crippen molar-refractivity contribution in [2.24, 2.45) is 5.73 Å². The number of hydrogen-bond donors (Lipinski definition) is 2. The van der Waals surface area contributed by atoms with E-state index in [0.29, 0.717) is 29.2 Å². The summed E-state index contributed by atoms with van der Waals surface area (Å²) in [5.74, 6) is -0.473. The van der Waals surface area contributed by atoms with Crippen LogP contribution in [0, 0.1) is 18.3 Å². The lowest BCUT2D eigenvalue weighted by atomic mass is 10.1. The number of nitrogens with zero attached hydrogens (tertiary/aromatic N) is 3. The van der Waals surface area contributed by atoms with E-state index in [2.05, 4.69) is 16.5 Å².